The van der Waals surface area contributed by atoms with E-state index in [1.165, 1.54) is 0 Å². The molecule has 4 rings (SSSR count). The minimum atomic E-state index is -5.73. The Balaban J connectivity index is 1.65. The van der Waals surface area contributed by atoms with Gasteiger partial charge in [-0.2, -0.15) is 27.2 Å². The van der Waals surface area contributed by atoms with Gasteiger partial charge in [0.25, 0.3) is 0 Å². The number of H-pyrrole nitrogens is 2. The highest BCUT2D eigenvalue weighted by Crippen LogP contribution is 2.44. The van der Waals surface area contributed by atoms with Crippen molar-refractivity contribution in [2.45, 2.75) is 38.3 Å². The van der Waals surface area contributed by atoms with E-state index >= 15 is 0 Å². The third-order valence-electron chi connectivity index (χ3n) is 5.13. The molecule has 33 heavy (non-hydrogen) atoms. The zero-order chi connectivity index (χ0) is 23.6. The molecule has 6 nitrogen and oxygen atoms in total. The van der Waals surface area contributed by atoms with Crippen molar-refractivity contribution in [3.8, 4) is 22.5 Å². The molecule has 0 radical (unpaired) electrons. The standard InChI is InChI=1S/C22H19F5N6/c1-2-5-18-28-17(19(29-18)21(23,24)22(25,26)27)12-13-8-10-14(11-9-13)15-6-3-4-7-16(15)20-30-32-33-31-20/h3-4,6-11H,2,5,12H2,1H3,(H,28,29)(H,30,31,32,33). The van der Waals surface area contributed by atoms with Gasteiger partial charge in [-0.15, -0.1) is 10.2 Å². The molecule has 172 valence electrons. The molecule has 0 bridgehead atoms. The van der Waals surface area contributed by atoms with Gasteiger partial charge in [0, 0.05) is 24.1 Å². The number of tetrazole rings is 1. The van der Waals surface area contributed by atoms with Crippen molar-refractivity contribution < 1.29 is 22.0 Å². The number of hydrogen-bond acceptors (Lipinski definition) is 4. The van der Waals surface area contributed by atoms with Crippen LogP contribution in [0.15, 0.2) is 48.5 Å². The first-order chi connectivity index (χ1) is 15.7. The van der Waals surface area contributed by atoms with Crippen LogP contribution in [0.2, 0.25) is 0 Å². The van der Waals surface area contributed by atoms with Gasteiger partial charge in [-0.25, -0.2) is 4.98 Å². The highest BCUT2D eigenvalue weighted by Gasteiger charge is 2.61. The van der Waals surface area contributed by atoms with Crippen molar-refractivity contribution in [1.29, 1.82) is 0 Å². The first-order valence-electron chi connectivity index (χ1n) is 10.2. The van der Waals surface area contributed by atoms with E-state index in [1.807, 2.05) is 24.3 Å². The third-order valence-corrected chi connectivity index (χ3v) is 5.13. The molecule has 2 aromatic carbocycles. The Morgan fingerprint density at radius 2 is 1.61 bits per heavy atom. The maximum Gasteiger partial charge on any atom is 0.459 e. The highest BCUT2D eigenvalue weighted by atomic mass is 19.4. The smallest absolute Gasteiger partial charge is 0.345 e. The second-order valence-electron chi connectivity index (χ2n) is 7.49. The summed E-state index contributed by atoms with van der Waals surface area (Å²) in [5.74, 6) is -4.53. The number of aryl methyl sites for hydroxylation is 1. The van der Waals surface area contributed by atoms with Crippen LogP contribution in [0.3, 0.4) is 0 Å². The fourth-order valence-electron chi connectivity index (χ4n) is 3.55. The number of aromatic nitrogens is 6. The Morgan fingerprint density at radius 3 is 2.21 bits per heavy atom. The number of aromatic amines is 2. The summed E-state index contributed by atoms with van der Waals surface area (Å²) < 4.78 is 67.3. The molecule has 0 spiro atoms. The molecule has 0 aliphatic carbocycles. The van der Waals surface area contributed by atoms with Crippen LogP contribution >= 0.6 is 0 Å². The Hall–Kier alpha value is -3.63. The van der Waals surface area contributed by atoms with Crippen LogP contribution in [-0.4, -0.2) is 36.8 Å². The topological polar surface area (TPSA) is 83.1 Å². The van der Waals surface area contributed by atoms with Crippen LogP contribution in [-0.2, 0) is 18.8 Å². The van der Waals surface area contributed by atoms with Gasteiger partial charge in [-0.05, 0) is 28.3 Å². The molecular formula is C22H19F5N6. The molecule has 4 aromatic rings. The Kier molecular flexibility index (Phi) is 5.96. The number of imidazole rings is 1. The Labute approximate surface area is 185 Å². The number of nitrogens with one attached hydrogen (secondary N) is 2. The van der Waals surface area contributed by atoms with E-state index < -0.39 is 17.8 Å². The van der Waals surface area contributed by atoms with Crippen LogP contribution in [0.4, 0.5) is 22.0 Å². The van der Waals surface area contributed by atoms with E-state index in [1.54, 1.807) is 31.2 Å². The molecule has 0 amide bonds. The van der Waals surface area contributed by atoms with E-state index in [4.69, 9.17) is 0 Å². The minimum Gasteiger partial charge on any atom is -0.345 e. The SMILES string of the molecule is CCCc1nc(C(F)(F)C(F)(F)F)c(Cc2ccc(-c3ccccc3-c3nn[nH]n3)cc2)[nH]1. The van der Waals surface area contributed by atoms with Crippen molar-refractivity contribution in [1.82, 2.24) is 30.6 Å². The van der Waals surface area contributed by atoms with Gasteiger partial charge < -0.3 is 4.98 Å². The summed E-state index contributed by atoms with van der Waals surface area (Å²) in [6, 6.07) is 14.3. The summed E-state index contributed by atoms with van der Waals surface area (Å²) >= 11 is 0. The number of rotatable bonds is 7. The molecular weight excluding hydrogens is 443 g/mol. The summed E-state index contributed by atoms with van der Waals surface area (Å²) in [4.78, 5) is 6.26. The first-order valence-corrected chi connectivity index (χ1v) is 10.2. The Morgan fingerprint density at radius 1 is 0.909 bits per heavy atom. The number of halogens is 5. The quantitative estimate of drug-likeness (QED) is 0.358. The summed E-state index contributed by atoms with van der Waals surface area (Å²) in [5.41, 5.74) is 1.40. The van der Waals surface area contributed by atoms with Crippen molar-refractivity contribution in [3.63, 3.8) is 0 Å². The summed E-state index contributed by atoms with van der Waals surface area (Å²) in [6.45, 7) is 1.79. The maximum absolute atomic E-state index is 14.1. The number of nitrogens with zero attached hydrogens (tertiary/aromatic N) is 4. The van der Waals surface area contributed by atoms with Gasteiger partial charge in [0.1, 0.15) is 11.5 Å². The molecule has 11 heteroatoms. The molecule has 0 atom stereocenters. The van der Waals surface area contributed by atoms with Gasteiger partial charge >= 0.3 is 12.1 Å². The van der Waals surface area contributed by atoms with Crippen molar-refractivity contribution in [2.75, 3.05) is 0 Å². The van der Waals surface area contributed by atoms with E-state index in [9.17, 15) is 22.0 Å². The lowest BCUT2D eigenvalue weighted by Crippen LogP contribution is -2.35. The third kappa shape index (κ3) is 4.48. The largest absolute Gasteiger partial charge is 0.459 e. The molecule has 0 unspecified atom stereocenters. The number of benzene rings is 2. The van der Waals surface area contributed by atoms with Crippen molar-refractivity contribution in [3.05, 3.63) is 71.3 Å². The molecule has 0 saturated heterocycles. The molecule has 2 aromatic heterocycles. The zero-order valence-electron chi connectivity index (χ0n) is 17.4. The summed E-state index contributed by atoms with van der Waals surface area (Å²) in [7, 11) is 0. The van der Waals surface area contributed by atoms with Gasteiger partial charge in [0.05, 0.1) is 0 Å². The van der Waals surface area contributed by atoms with E-state index in [-0.39, 0.29) is 24.4 Å². The first kappa shape index (κ1) is 22.6. The average molecular weight is 462 g/mol. The lowest BCUT2D eigenvalue weighted by atomic mass is 9.97. The van der Waals surface area contributed by atoms with Gasteiger partial charge in [0.2, 0.25) is 5.82 Å². The predicted octanol–water partition coefficient (Wildman–Crippen LogP) is 5.45. The molecule has 0 aliphatic heterocycles. The minimum absolute atomic E-state index is 0.108. The van der Waals surface area contributed by atoms with Crippen LogP contribution in [0.5, 0.6) is 0 Å². The fourth-order valence-corrected chi connectivity index (χ4v) is 3.55. The fraction of sp³-hybridized carbons (Fsp3) is 0.273. The molecule has 0 saturated carbocycles. The second kappa shape index (κ2) is 8.72. The van der Waals surface area contributed by atoms with Gasteiger partial charge in [-0.1, -0.05) is 55.5 Å². The maximum atomic E-state index is 14.1. The van der Waals surface area contributed by atoms with E-state index in [0.29, 0.717) is 17.8 Å². The van der Waals surface area contributed by atoms with Gasteiger partial charge in [0.15, 0.2) is 0 Å². The average Bonchev–Trinajstić information content (AvgIpc) is 3.44. The Bertz CT molecular complexity index is 1210. The van der Waals surface area contributed by atoms with Crippen LogP contribution < -0.4 is 0 Å². The number of hydrogen-bond donors (Lipinski definition) is 2. The van der Waals surface area contributed by atoms with Crippen LogP contribution in [0.25, 0.3) is 22.5 Å². The van der Waals surface area contributed by atoms with Crippen LogP contribution in [0, 0.1) is 0 Å². The van der Waals surface area contributed by atoms with Crippen LogP contribution in [0.1, 0.15) is 36.1 Å². The molecule has 2 heterocycles. The van der Waals surface area contributed by atoms with Crippen molar-refractivity contribution in [2.24, 2.45) is 0 Å². The van der Waals surface area contributed by atoms with Crippen molar-refractivity contribution >= 4 is 0 Å². The lowest BCUT2D eigenvalue weighted by molar-refractivity contribution is -0.291. The lowest BCUT2D eigenvalue weighted by Gasteiger charge is -2.19. The molecule has 0 aliphatic rings. The summed E-state index contributed by atoms with van der Waals surface area (Å²) in [5, 5.41) is 14.0. The highest BCUT2D eigenvalue weighted by molar-refractivity contribution is 5.80. The second-order valence-corrected chi connectivity index (χ2v) is 7.49. The zero-order valence-corrected chi connectivity index (χ0v) is 17.4. The van der Waals surface area contributed by atoms with E-state index in [0.717, 1.165) is 16.7 Å². The normalized spacial score (nSPS) is 12.3. The number of alkyl halides is 5. The van der Waals surface area contributed by atoms with Gasteiger partial charge in [-0.3, -0.25) is 0 Å². The molecule has 2 N–H and O–H groups in total. The van der Waals surface area contributed by atoms with E-state index in [2.05, 4.69) is 30.6 Å². The summed E-state index contributed by atoms with van der Waals surface area (Å²) in [6.07, 6.45) is -5.06. The molecule has 0 fully saturated rings. The predicted molar refractivity (Wildman–Crippen MR) is 110 cm³/mol. The monoisotopic (exact) mass is 462 g/mol.